The van der Waals surface area contributed by atoms with Crippen molar-refractivity contribution in [2.75, 3.05) is 19.8 Å². The quantitative estimate of drug-likeness (QED) is 0.558. The molecule has 0 saturated carbocycles. The second-order valence-corrected chi connectivity index (χ2v) is 3.41. The van der Waals surface area contributed by atoms with Crippen molar-refractivity contribution in [2.24, 2.45) is 0 Å². The van der Waals surface area contributed by atoms with Gasteiger partial charge in [0, 0.05) is 55.5 Å². The third-order valence-corrected chi connectivity index (χ3v) is 2.20. The Hall–Kier alpha value is 0.610. The summed E-state index contributed by atoms with van der Waals surface area (Å²) in [5, 5.41) is 9.72. The van der Waals surface area contributed by atoms with Gasteiger partial charge in [-0.25, -0.2) is 0 Å². The van der Waals surface area contributed by atoms with Crippen LogP contribution in [0.2, 0.25) is 0 Å². The van der Waals surface area contributed by atoms with Gasteiger partial charge in [0.05, 0.1) is 5.60 Å². The fourth-order valence-electron chi connectivity index (χ4n) is 1.05. The van der Waals surface area contributed by atoms with Gasteiger partial charge in [0.15, 0.2) is 0 Å². The largest absolute Gasteiger partial charge is 0.388 e. The van der Waals surface area contributed by atoms with Gasteiger partial charge in [0.25, 0.3) is 0 Å². The lowest BCUT2D eigenvalue weighted by atomic mass is 9.95. The fourth-order valence-corrected chi connectivity index (χ4v) is 1.76. The Labute approximate surface area is 74.6 Å². The van der Waals surface area contributed by atoms with E-state index >= 15 is 0 Å². The van der Waals surface area contributed by atoms with Gasteiger partial charge in [-0.1, -0.05) is 0 Å². The molecular weight excluding hydrogens is 245 g/mol. The van der Waals surface area contributed by atoms with Gasteiger partial charge >= 0.3 is 0 Å². The molecule has 0 spiro atoms. The van der Waals surface area contributed by atoms with Crippen molar-refractivity contribution in [1.82, 2.24) is 3.53 Å². The monoisotopic (exact) mass is 257 g/mol. The first-order chi connectivity index (χ1) is 4.77. The number of hydrogen-bond donors (Lipinski definition) is 2. The van der Waals surface area contributed by atoms with Gasteiger partial charge in [0.2, 0.25) is 0 Å². The van der Waals surface area contributed by atoms with E-state index in [2.05, 4.69) is 3.53 Å². The van der Waals surface area contributed by atoms with E-state index in [9.17, 15) is 5.11 Å². The van der Waals surface area contributed by atoms with Crippen LogP contribution in [0.1, 0.15) is 12.8 Å². The second-order valence-electron chi connectivity index (χ2n) is 2.65. The molecular formula is C6H12INO2. The van der Waals surface area contributed by atoms with Crippen LogP contribution in [-0.4, -0.2) is 30.5 Å². The van der Waals surface area contributed by atoms with Crippen molar-refractivity contribution < 1.29 is 9.84 Å². The summed E-state index contributed by atoms with van der Waals surface area (Å²) >= 11 is 2.05. The predicted molar refractivity (Wildman–Crippen MR) is 47.0 cm³/mol. The van der Waals surface area contributed by atoms with E-state index in [0.29, 0.717) is 19.8 Å². The Morgan fingerprint density at radius 3 is 2.60 bits per heavy atom. The highest BCUT2D eigenvalue weighted by Crippen LogP contribution is 2.19. The average molecular weight is 257 g/mol. The summed E-state index contributed by atoms with van der Waals surface area (Å²) in [5.41, 5.74) is -0.514. The molecule has 0 unspecified atom stereocenters. The first-order valence-corrected chi connectivity index (χ1v) is 4.48. The van der Waals surface area contributed by atoms with Crippen LogP contribution in [0.3, 0.4) is 0 Å². The number of aliphatic hydroxyl groups is 1. The number of halogens is 1. The van der Waals surface area contributed by atoms with E-state index in [1.54, 1.807) is 0 Å². The standard InChI is InChI=1S/C6H12INO2/c7-8-5-6(9)1-3-10-4-2-6/h8-9H,1-5H2. The summed E-state index contributed by atoms with van der Waals surface area (Å²) < 4.78 is 8.06. The molecule has 0 aliphatic carbocycles. The van der Waals surface area contributed by atoms with E-state index in [-0.39, 0.29) is 0 Å². The number of hydrogen-bond acceptors (Lipinski definition) is 3. The minimum atomic E-state index is -0.514. The number of rotatable bonds is 2. The molecule has 10 heavy (non-hydrogen) atoms. The molecule has 1 fully saturated rings. The van der Waals surface area contributed by atoms with Crippen molar-refractivity contribution in [1.29, 1.82) is 0 Å². The third kappa shape index (κ3) is 2.34. The predicted octanol–water partition coefficient (Wildman–Crippen LogP) is 0.468. The first-order valence-electron chi connectivity index (χ1n) is 3.40. The number of ether oxygens (including phenoxy) is 1. The SMILES string of the molecule is OC1(CNI)CCOCC1. The van der Waals surface area contributed by atoms with Crippen LogP contribution in [-0.2, 0) is 4.74 Å². The van der Waals surface area contributed by atoms with E-state index in [0.717, 1.165) is 12.8 Å². The van der Waals surface area contributed by atoms with E-state index in [1.165, 1.54) is 0 Å². The van der Waals surface area contributed by atoms with Gasteiger partial charge in [-0.3, -0.25) is 3.53 Å². The van der Waals surface area contributed by atoms with Crippen molar-refractivity contribution in [3.05, 3.63) is 0 Å². The van der Waals surface area contributed by atoms with E-state index in [1.807, 2.05) is 22.9 Å². The van der Waals surface area contributed by atoms with Crippen LogP contribution in [0.4, 0.5) is 0 Å². The zero-order chi connectivity index (χ0) is 7.45. The Kier molecular flexibility index (Phi) is 3.35. The highest BCUT2D eigenvalue weighted by Gasteiger charge is 2.28. The van der Waals surface area contributed by atoms with Crippen molar-refractivity contribution in [3.8, 4) is 0 Å². The van der Waals surface area contributed by atoms with Crippen LogP contribution >= 0.6 is 22.9 Å². The van der Waals surface area contributed by atoms with Crippen LogP contribution < -0.4 is 3.53 Å². The minimum Gasteiger partial charge on any atom is -0.388 e. The van der Waals surface area contributed by atoms with Gasteiger partial charge in [-0.15, -0.1) is 0 Å². The number of nitrogens with one attached hydrogen (secondary N) is 1. The smallest absolute Gasteiger partial charge is 0.0823 e. The van der Waals surface area contributed by atoms with Crippen molar-refractivity contribution in [2.45, 2.75) is 18.4 Å². The van der Waals surface area contributed by atoms with Gasteiger partial charge in [-0.2, -0.15) is 0 Å². The minimum absolute atomic E-state index is 0.514. The summed E-state index contributed by atoms with van der Waals surface area (Å²) in [4.78, 5) is 0. The van der Waals surface area contributed by atoms with Crippen molar-refractivity contribution >= 4 is 22.9 Å². The Bertz CT molecular complexity index is 98.4. The molecule has 3 nitrogen and oxygen atoms in total. The summed E-state index contributed by atoms with van der Waals surface area (Å²) in [5.74, 6) is 0. The Morgan fingerprint density at radius 1 is 1.50 bits per heavy atom. The summed E-state index contributed by atoms with van der Waals surface area (Å²) in [7, 11) is 0. The molecule has 1 rings (SSSR count). The van der Waals surface area contributed by atoms with Gasteiger partial charge in [0.1, 0.15) is 0 Å². The molecule has 4 heteroatoms. The molecule has 1 heterocycles. The van der Waals surface area contributed by atoms with Crippen LogP contribution in [0.25, 0.3) is 0 Å². The van der Waals surface area contributed by atoms with Crippen LogP contribution in [0, 0.1) is 0 Å². The molecule has 1 aliphatic rings. The average Bonchev–Trinajstić information content (AvgIpc) is 1.89. The Morgan fingerprint density at radius 2 is 2.10 bits per heavy atom. The topological polar surface area (TPSA) is 41.5 Å². The maximum atomic E-state index is 9.72. The van der Waals surface area contributed by atoms with Crippen LogP contribution in [0.5, 0.6) is 0 Å². The normalized spacial score (nSPS) is 24.6. The van der Waals surface area contributed by atoms with Gasteiger partial charge < -0.3 is 9.84 Å². The Balaban J connectivity index is 2.32. The molecule has 0 aromatic carbocycles. The molecule has 0 amide bonds. The highest BCUT2D eigenvalue weighted by molar-refractivity contribution is 14.1. The molecule has 2 N–H and O–H groups in total. The third-order valence-electron chi connectivity index (χ3n) is 1.82. The molecule has 0 radical (unpaired) electrons. The summed E-state index contributed by atoms with van der Waals surface area (Å²) in [6.45, 7) is 2.04. The lowest BCUT2D eigenvalue weighted by Crippen LogP contribution is -2.42. The highest BCUT2D eigenvalue weighted by atomic mass is 127. The fraction of sp³-hybridized carbons (Fsp3) is 1.00. The van der Waals surface area contributed by atoms with Crippen molar-refractivity contribution in [3.63, 3.8) is 0 Å². The molecule has 60 valence electrons. The van der Waals surface area contributed by atoms with E-state index in [4.69, 9.17) is 4.74 Å². The van der Waals surface area contributed by atoms with Gasteiger partial charge in [-0.05, 0) is 0 Å². The molecule has 0 aromatic heterocycles. The maximum absolute atomic E-state index is 9.72. The lowest BCUT2D eigenvalue weighted by molar-refractivity contribution is -0.0580. The van der Waals surface area contributed by atoms with Crippen LogP contribution in [0.15, 0.2) is 0 Å². The molecule has 0 atom stereocenters. The molecule has 1 aliphatic heterocycles. The zero-order valence-corrected chi connectivity index (χ0v) is 7.93. The molecule has 0 aromatic rings. The zero-order valence-electron chi connectivity index (χ0n) is 5.77. The van der Waals surface area contributed by atoms with E-state index < -0.39 is 5.60 Å². The molecule has 1 saturated heterocycles. The molecule has 0 bridgehead atoms. The first kappa shape index (κ1) is 8.70. The second kappa shape index (κ2) is 3.85. The lowest BCUT2D eigenvalue weighted by Gasteiger charge is -2.31. The summed E-state index contributed by atoms with van der Waals surface area (Å²) in [6.07, 6.45) is 1.51. The maximum Gasteiger partial charge on any atom is 0.0823 e. The summed E-state index contributed by atoms with van der Waals surface area (Å²) in [6, 6.07) is 0.